The van der Waals surface area contributed by atoms with Crippen molar-refractivity contribution in [2.45, 2.75) is 66.2 Å². The fourth-order valence-electron chi connectivity index (χ4n) is 2.58. The minimum Gasteiger partial charge on any atom is -0.507 e. The highest BCUT2D eigenvalue weighted by atomic mass is 16.3. The summed E-state index contributed by atoms with van der Waals surface area (Å²) in [5, 5.41) is 10.4. The summed E-state index contributed by atoms with van der Waals surface area (Å²) in [6, 6.07) is 2.19. The van der Waals surface area contributed by atoms with Gasteiger partial charge in [0.1, 0.15) is 5.75 Å². The SMILES string of the molecule is Cc1c(C(C)C)cc(C(C)C)c(O)c1C(C)C. The van der Waals surface area contributed by atoms with Gasteiger partial charge in [-0.05, 0) is 46.9 Å². The third kappa shape index (κ3) is 2.65. The summed E-state index contributed by atoms with van der Waals surface area (Å²) in [5.41, 5.74) is 4.84. The fourth-order valence-corrected chi connectivity index (χ4v) is 2.58. The molecule has 0 radical (unpaired) electrons. The van der Waals surface area contributed by atoms with Crippen molar-refractivity contribution in [1.29, 1.82) is 0 Å². The van der Waals surface area contributed by atoms with Gasteiger partial charge < -0.3 is 5.11 Å². The first-order valence-electron chi connectivity index (χ1n) is 6.63. The number of benzene rings is 1. The molecule has 0 aromatic heterocycles. The summed E-state index contributed by atoms with van der Waals surface area (Å²) in [6.45, 7) is 15.1. The van der Waals surface area contributed by atoms with E-state index in [4.69, 9.17) is 0 Å². The van der Waals surface area contributed by atoms with Crippen LogP contribution in [0.3, 0.4) is 0 Å². The molecule has 0 aliphatic rings. The Morgan fingerprint density at radius 1 is 0.824 bits per heavy atom. The molecule has 0 aliphatic carbocycles. The zero-order valence-electron chi connectivity index (χ0n) is 12.3. The van der Waals surface area contributed by atoms with Crippen molar-refractivity contribution in [3.8, 4) is 5.75 Å². The highest BCUT2D eigenvalue weighted by Crippen LogP contribution is 2.39. The van der Waals surface area contributed by atoms with Gasteiger partial charge in [0.2, 0.25) is 0 Å². The Balaban J connectivity index is 3.58. The van der Waals surface area contributed by atoms with Gasteiger partial charge in [0.25, 0.3) is 0 Å². The molecule has 0 spiro atoms. The van der Waals surface area contributed by atoms with Crippen LogP contribution in [-0.4, -0.2) is 5.11 Å². The van der Waals surface area contributed by atoms with E-state index in [1.165, 1.54) is 11.1 Å². The summed E-state index contributed by atoms with van der Waals surface area (Å²) in [5.74, 6) is 1.75. The molecule has 0 heterocycles. The fraction of sp³-hybridized carbons (Fsp3) is 0.625. The zero-order chi connectivity index (χ0) is 13.3. The number of phenolic OH excluding ortho intramolecular Hbond substituents is 1. The van der Waals surface area contributed by atoms with Crippen LogP contribution in [0.1, 0.15) is 81.5 Å². The van der Waals surface area contributed by atoms with Gasteiger partial charge in [0.15, 0.2) is 0 Å². The van der Waals surface area contributed by atoms with Gasteiger partial charge in [-0.3, -0.25) is 0 Å². The molecule has 96 valence electrons. The van der Waals surface area contributed by atoms with Crippen LogP contribution in [0.25, 0.3) is 0 Å². The summed E-state index contributed by atoms with van der Waals surface area (Å²) < 4.78 is 0. The molecule has 1 aromatic rings. The lowest BCUT2D eigenvalue weighted by atomic mass is 9.84. The Morgan fingerprint density at radius 3 is 1.65 bits per heavy atom. The van der Waals surface area contributed by atoms with E-state index in [-0.39, 0.29) is 0 Å². The smallest absolute Gasteiger partial charge is 0.122 e. The lowest BCUT2D eigenvalue weighted by Gasteiger charge is -2.22. The van der Waals surface area contributed by atoms with Crippen LogP contribution in [0.2, 0.25) is 0 Å². The Hall–Kier alpha value is -0.980. The van der Waals surface area contributed by atoms with E-state index >= 15 is 0 Å². The molecular weight excluding hydrogens is 208 g/mol. The second-order valence-corrected chi connectivity index (χ2v) is 5.91. The maximum atomic E-state index is 10.4. The summed E-state index contributed by atoms with van der Waals surface area (Å²) in [7, 11) is 0. The molecule has 0 amide bonds. The van der Waals surface area contributed by atoms with Crippen LogP contribution in [0.4, 0.5) is 0 Å². The molecule has 0 bridgehead atoms. The molecule has 0 fully saturated rings. The van der Waals surface area contributed by atoms with Gasteiger partial charge in [0, 0.05) is 0 Å². The lowest BCUT2D eigenvalue weighted by Crippen LogP contribution is -2.04. The third-order valence-electron chi connectivity index (χ3n) is 3.50. The van der Waals surface area contributed by atoms with E-state index in [1.807, 2.05) is 0 Å². The van der Waals surface area contributed by atoms with Crippen molar-refractivity contribution in [1.82, 2.24) is 0 Å². The van der Waals surface area contributed by atoms with E-state index < -0.39 is 0 Å². The lowest BCUT2D eigenvalue weighted by molar-refractivity contribution is 0.453. The van der Waals surface area contributed by atoms with Crippen LogP contribution in [-0.2, 0) is 0 Å². The monoisotopic (exact) mass is 234 g/mol. The maximum Gasteiger partial charge on any atom is 0.122 e. The summed E-state index contributed by atoms with van der Waals surface area (Å²) >= 11 is 0. The molecule has 1 heteroatoms. The minimum atomic E-state index is 0.366. The maximum absolute atomic E-state index is 10.4. The van der Waals surface area contributed by atoms with Crippen LogP contribution < -0.4 is 0 Å². The van der Waals surface area contributed by atoms with E-state index in [1.54, 1.807) is 0 Å². The van der Waals surface area contributed by atoms with Crippen molar-refractivity contribution in [2.75, 3.05) is 0 Å². The average molecular weight is 234 g/mol. The number of rotatable bonds is 3. The second-order valence-electron chi connectivity index (χ2n) is 5.91. The van der Waals surface area contributed by atoms with Crippen LogP contribution in [0, 0.1) is 6.92 Å². The molecule has 1 rings (SSSR count). The van der Waals surface area contributed by atoms with E-state index in [0.29, 0.717) is 23.5 Å². The van der Waals surface area contributed by atoms with Gasteiger partial charge in [-0.15, -0.1) is 0 Å². The zero-order valence-corrected chi connectivity index (χ0v) is 12.3. The third-order valence-corrected chi connectivity index (χ3v) is 3.50. The Morgan fingerprint density at radius 2 is 1.29 bits per heavy atom. The molecule has 17 heavy (non-hydrogen) atoms. The van der Waals surface area contributed by atoms with Gasteiger partial charge in [-0.25, -0.2) is 0 Å². The Labute approximate surface area is 106 Å². The van der Waals surface area contributed by atoms with E-state index in [9.17, 15) is 5.11 Å². The van der Waals surface area contributed by atoms with Crippen molar-refractivity contribution in [2.24, 2.45) is 0 Å². The van der Waals surface area contributed by atoms with Crippen LogP contribution in [0.5, 0.6) is 5.75 Å². The predicted molar refractivity (Wildman–Crippen MR) is 75.1 cm³/mol. The second kappa shape index (κ2) is 5.12. The average Bonchev–Trinajstić information content (AvgIpc) is 2.15. The number of aromatic hydroxyl groups is 1. The van der Waals surface area contributed by atoms with Gasteiger partial charge in [-0.1, -0.05) is 47.6 Å². The molecular formula is C16H26O. The molecule has 1 aromatic carbocycles. The summed E-state index contributed by atoms with van der Waals surface area (Å²) in [4.78, 5) is 0. The normalized spacial score (nSPS) is 11.9. The number of phenols is 1. The quantitative estimate of drug-likeness (QED) is 0.774. The summed E-state index contributed by atoms with van der Waals surface area (Å²) in [6.07, 6.45) is 0. The highest BCUT2D eigenvalue weighted by molar-refractivity contribution is 5.52. The molecule has 1 nitrogen and oxygen atoms in total. The first-order chi connectivity index (χ1) is 7.77. The first-order valence-corrected chi connectivity index (χ1v) is 6.63. The molecule has 0 saturated carbocycles. The Bertz CT molecular complexity index is 368. The molecule has 0 unspecified atom stereocenters. The molecule has 0 atom stereocenters. The largest absolute Gasteiger partial charge is 0.507 e. The van der Waals surface area contributed by atoms with Gasteiger partial charge in [0.05, 0.1) is 0 Å². The topological polar surface area (TPSA) is 20.2 Å². The number of hydrogen-bond donors (Lipinski definition) is 1. The Kier molecular flexibility index (Phi) is 4.24. The van der Waals surface area contributed by atoms with E-state index in [2.05, 4.69) is 54.5 Å². The van der Waals surface area contributed by atoms with Crippen LogP contribution >= 0.6 is 0 Å². The van der Waals surface area contributed by atoms with Crippen molar-refractivity contribution in [3.05, 3.63) is 28.3 Å². The minimum absolute atomic E-state index is 0.366. The standard InChI is InChI=1S/C16H26O/c1-9(2)13-8-14(10(3)4)16(17)15(11(5)6)12(13)7/h8-11,17H,1-7H3. The molecule has 1 N–H and O–H groups in total. The van der Waals surface area contributed by atoms with E-state index in [0.717, 1.165) is 11.1 Å². The van der Waals surface area contributed by atoms with Crippen molar-refractivity contribution >= 4 is 0 Å². The predicted octanol–water partition coefficient (Wildman–Crippen LogP) is 5.07. The first kappa shape index (κ1) is 14.1. The number of hydrogen-bond acceptors (Lipinski definition) is 1. The van der Waals surface area contributed by atoms with Gasteiger partial charge >= 0.3 is 0 Å². The molecule has 0 aliphatic heterocycles. The highest BCUT2D eigenvalue weighted by Gasteiger charge is 2.19. The molecule has 0 saturated heterocycles. The van der Waals surface area contributed by atoms with Crippen molar-refractivity contribution in [3.63, 3.8) is 0 Å². The van der Waals surface area contributed by atoms with Crippen molar-refractivity contribution < 1.29 is 5.11 Å². The van der Waals surface area contributed by atoms with Gasteiger partial charge in [-0.2, -0.15) is 0 Å². The van der Waals surface area contributed by atoms with Crippen LogP contribution in [0.15, 0.2) is 6.07 Å².